The van der Waals surface area contributed by atoms with E-state index in [1.807, 2.05) is 55.5 Å². The Labute approximate surface area is 160 Å². The number of carboxylic acid groups (broad SMARTS) is 1. The minimum atomic E-state index is -1.57. The Balaban J connectivity index is 1.92. The normalized spacial score (nSPS) is 20.3. The van der Waals surface area contributed by atoms with E-state index in [1.54, 1.807) is 6.92 Å². The molecule has 1 aliphatic heterocycles. The topological polar surface area (TPSA) is 68.1 Å². The number of carbonyl (C=O) groups is 1. The zero-order chi connectivity index (χ0) is 18.7. The zero-order valence-corrected chi connectivity index (χ0v) is 16.2. The van der Waals surface area contributed by atoms with E-state index in [1.165, 1.54) is 0 Å². The number of nitrogens with zero attached hydrogens (tertiary/aromatic N) is 1. The van der Waals surface area contributed by atoms with Crippen molar-refractivity contribution in [2.75, 3.05) is 0 Å². The van der Waals surface area contributed by atoms with Crippen molar-refractivity contribution in [1.29, 1.82) is 0 Å². The predicted molar refractivity (Wildman–Crippen MR) is 102 cm³/mol. The maximum absolute atomic E-state index is 12.1. The summed E-state index contributed by atoms with van der Waals surface area (Å²) in [4.78, 5) is 17.5. The van der Waals surface area contributed by atoms with Crippen LogP contribution in [0.25, 0.3) is 0 Å². The van der Waals surface area contributed by atoms with Crippen LogP contribution in [0, 0.1) is 6.92 Å². The quantitative estimate of drug-likeness (QED) is 0.743. The number of aliphatic carboxylic acids is 1. The molecule has 1 N–H and O–H groups in total. The molecule has 0 saturated heterocycles. The van der Waals surface area contributed by atoms with Crippen LogP contribution in [0.15, 0.2) is 58.2 Å². The van der Waals surface area contributed by atoms with Gasteiger partial charge in [-0.15, -0.1) is 0 Å². The van der Waals surface area contributed by atoms with Gasteiger partial charge in [-0.2, -0.15) is 0 Å². The highest BCUT2D eigenvalue weighted by molar-refractivity contribution is 9.10. The van der Waals surface area contributed by atoms with Crippen molar-refractivity contribution in [3.05, 3.63) is 69.7 Å². The zero-order valence-electron chi connectivity index (χ0n) is 14.6. The van der Waals surface area contributed by atoms with Gasteiger partial charge >= 0.3 is 5.97 Å². The Morgan fingerprint density at radius 3 is 2.42 bits per heavy atom. The lowest BCUT2D eigenvalue weighted by Crippen LogP contribution is -2.45. The lowest BCUT2D eigenvalue weighted by Gasteiger charge is -2.31. The van der Waals surface area contributed by atoms with Crippen LogP contribution in [-0.2, 0) is 21.0 Å². The fraction of sp³-hybridized carbons (Fsp3) is 0.300. The molecule has 2 aromatic carbocycles. The molecule has 0 bridgehead atoms. The average molecular weight is 418 g/mol. The standard InChI is InChI=1S/C20H20BrNO4/c1-13-3-5-15(6-4-13)12-25-18(16-7-9-17(21)10-8-16)20(19(23)24)11-14(2)22-26-20/h3-10,18H,11-12H2,1-2H3,(H,23,24). The van der Waals surface area contributed by atoms with Gasteiger partial charge in [0.1, 0.15) is 6.10 Å². The van der Waals surface area contributed by atoms with Gasteiger partial charge in [0.15, 0.2) is 0 Å². The summed E-state index contributed by atoms with van der Waals surface area (Å²) in [6.45, 7) is 4.04. The van der Waals surface area contributed by atoms with Crippen LogP contribution >= 0.6 is 15.9 Å². The van der Waals surface area contributed by atoms with E-state index in [9.17, 15) is 9.90 Å². The largest absolute Gasteiger partial charge is 0.478 e. The monoisotopic (exact) mass is 417 g/mol. The van der Waals surface area contributed by atoms with Crippen LogP contribution in [0.4, 0.5) is 0 Å². The van der Waals surface area contributed by atoms with E-state index in [4.69, 9.17) is 9.57 Å². The fourth-order valence-corrected chi connectivity index (χ4v) is 3.24. The number of halogens is 1. The van der Waals surface area contributed by atoms with Crippen LogP contribution in [-0.4, -0.2) is 22.4 Å². The van der Waals surface area contributed by atoms with Crippen LogP contribution in [0.1, 0.15) is 36.1 Å². The van der Waals surface area contributed by atoms with Gasteiger partial charge in [0.25, 0.3) is 5.60 Å². The molecule has 2 aromatic rings. The van der Waals surface area contributed by atoms with E-state index in [0.29, 0.717) is 5.71 Å². The Morgan fingerprint density at radius 2 is 1.88 bits per heavy atom. The molecule has 0 fully saturated rings. The molecule has 0 aromatic heterocycles. The summed E-state index contributed by atoms with van der Waals surface area (Å²) in [7, 11) is 0. The number of hydrogen-bond donors (Lipinski definition) is 1. The highest BCUT2D eigenvalue weighted by Gasteiger charge is 2.54. The molecular weight excluding hydrogens is 398 g/mol. The lowest BCUT2D eigenvalue weighted by atomic mass is 9.86. The van der Waals surface area contributed by atoms with Crippen molar-refractivity contribution < 1.29 is 19.5 Å². The van der Waals surface area contributed by atoms with Crippen molar-refractivity contribution >= 4 is 27.6 Å². The van der Waals surface area contributed by atoms with Gasteiger partial charge in [0, 0.05) is 10.9 Å². The van der Waals surface area contributed by atoms with Crippen molar-refractivity contribution in [3.8, 4) is 0 Å². The molecule has 0 saturated carbocycles. The number of aryl methyl sites for hydroxylation is 1. The first-order chi connectivity index (χ1) is 12.4. The number of oxime groups is 1. The minimum absolute atomic E-state index is 0.178. The second-order valence-electron chi connectivity index (χ2n) is 6.52. The second kappa shape index (κ2) is 7.60. The highest BCUT2D eigenvalue weighted by atomic mass is 79.9. The average Bonchev–Trinajstić information content (AvgIpc) is 3.01. The van der Waals surface area contributed by atoms with Gasteiger partial charge in [-0.3, -0.25) is 0 Å². The van der Waals surface area contributed by atoms with Crippen LogP contribution in [0.2, 0.25) is 0 Å². The van der Waals surface area contributed by atoms with Crippen LogP contribution in [0.3, 0.4) is 0 Å². The number of ether oxygens (including phenoxy) is 1. The smallest absolute Gasteiger partial charge is 0.354 e. The van der Waals surface area contributed by atoms with E-state index in [-0.39, 0.29) is 13.0 Å². The SMILES string of the molecule is CC1=NOC(C(=O)O)(C(OCc2ccc(C)cc2)c2ccc(Br)cc2)C1. The van der Waals surface area contributed by atoms with Gasteiger partial charge in [0.2, 0.25) is 0 Å². The summed E-state index contributed by atoms with van der Waals surface area (Å²) in [5, 5.41) is 13.8. The maximum Gasteiger partial charge on any atom is 0.354 e. The number of rotatable bonds is 6. The lowest BCUT2D eigenvalue weighted by molar-refractivity contribution is -0.187. The molecular formula is C20H20BrNO4. The molecule has 5 nitrogen and oxygen atoms in total. The third-order valence-corrected chi connectivity index (χ3v) is 4.91. The van der Waals surface area contributed by atoms with Gasteiger partial charge in [-0.1, -0.05) is 63.0 Å². The number of hydrogen-bond acceptors (Lipinski definition) is 4. The molecule has 0 amide bonds. The Bertz CT molecular complexity index is 817. The van der Waals surface area contributed by atoms with Crippen LogP contribution < -0.4 is 0 Å². The summed E-state index contributed by atoms with van der Waals surface area (Å²) in [6.07, 6.45) is -0.618. The highest BCUT2D eigenvalue weighted by Crippen LogP contribution is 2.40. The molecule has 2 unspecified atom stereocenters. The number of benzene rings is 2. The molecule has 26 heavy (non-hydrogen) atoms. The summed E-state index contributed by atoms with van der Waals surface area (Å²) in [6, 6.07) is 15.3. The van der Waals surface area contributed by atoms with E-state index >= 15 is 0 Å². The molecule has 0 spiro atoms. The third kappa shape index (κ3) is 3.81. The molecule has 1 heterocycles. The summed E-state index contributed by atoms with van der Waals surface area (Å²) in [5.74, 6) is -1.09. The van der Waals surface area contributed by atoms with E-state index in [2.05, 4.69) is 21.1 Å². The van der Waals surface area contributed by atoms with Gasteiger partial charge < -0.3 is 14.7 Å². The fourth-order valence-electron chi connectivity index (χ4n) is 2.97. The molecule has 0 aliphatic carbocycles. The molecule has 3 rings (SSSR count). The summed E-state index contributed by atoms with van der Waals surface area (Å²) < 4.78 is 7.00. The first-order valence-electron chi connectivity index (χ1n) is 8.28. The van der Waals surface area contributed by atoms with Crippen LogP contribution in [0.5, 0.6) is 0 Å². The van der Waals surface area contributed by atoms with Crippen molar-refractivity contribution in [2.24, 2.45) is 5.16 Å². The summed E-state index contributed by atoms with van der Waals surface area (Å²) >= 11 is 3.40. The number of carboxylic acids is 1. The summed E-state index contributed by atoms with van der Waals surface area (Å²) in [5.41, 5.74) is 1.92. The van der Waals surface area contributed by atoms with Gasteiger partial charge in [-0.25, -0.2) is 4.79 Å². The Kier molecular flexibility index (Phi) is 5.44. The molecule has 0 radical (unpaired) electrons. The van der Waals surface area contributed by atoms with Crippen molar-refractivity contribution in [2.45, 2.75) is 38.6 Å². The molecule has 2 atom stereocenters. The molecule has 136 valence electrons. The van der Waals surface area contributed by atoms with Gasteiger partial charge in [-0.05, 0) is 37.1 Å². The van der Waals surface area contributed by atoms with Crippen molar-refractivity contribution in [1.82, 2.24) is 0 Å². The second-order valence-corrected chi connectivity index (χ2v) is 7.43. The first kappa shape index (κ1) is 18.6. The third-order valence-electron chi connectivity index (χ3n) is 4.38. The van der Waals surface area contributed by atoms with E-state index in [0.717, 1.165) is 21.2 Å². The predicted octanol–water partition coefficient (Wildman–Crippen LogP) is 4.64. The first-order valence-corrected chi connectivity index (χ1v) is 9.08. The van der Waals surface area contributed by atoms with E-state index < -0.39 is 17.7 Å². The Morgan fingerprint density at radius 1 is 1.23 bits per heavy atom. The molecule has 1 aliphatic rings. The molecule has 6 heteroatoms. The minimum Gasteiger partial charge on any atom is -0.478 e. The van der Waals surface area contributed by atoms with Crippen molar-refractivity contribution in [3.63, 3.8) is 0 Å². The van der Waals surface area contributed by atoms with Gasteiger partial charge in [0.05, 0.1) is 12.3 Å². The maximum atomic E-state index is 12.1. The Hall–Kier alpha value is -2.18.